The van der Waals surface area contributed by atoms with Crippen molar-refractivity contribution in [3.8, 4) is 17.0 Å². The predicted molar refractivity (Wildman–Crippen MR) is 80.2 cm³/mol. The summed E-state index contributed by atoms with van der Waals surface area (Å²) in [5.74, 6) is 0.784. The Morgan fingerprint density at radius 3 is 2.95 bits per heavy atom. The van der Waals surface area contributed by atoms with Crippen molar-refractivity contribution in [3.05, 3.63) is 30.1 Å². The van der Waals surface area contributed by atoms with Crippen molar-refractivity contribution in [1.29, 1.82) is 0 Å². The van der Waals surface area contributed by atoms with Crippen molar-refractivity contribution in [1.82, 2.24) is 15.5 Å². The molecule has 0 unspecified atom stereocenters. The van der Waals surface area contributed by atoms with Gasteiger partial charge >= 0.3 is 0 Å². The predicted octanol–water partition coefficient (Wildman–Crippen LogP) is 2.02. The van der Waals surface area contributed by atoms with Crippen LogP contribution >= 0.6 is 0 Å². The summed E-state index contributed by atoms with van der Waals surface area (Å²) in [5, 5.41) is 10.7. The maximum Gasteiger partial charge on any atom is 0.165 e. The van der Waals surface area contributed by atoms with Gasteiger partial charge in [-0.25, -0.2) is 4.39 Å². The van der Waals surface area contributed by atoms with Gasteiger partial charge in [0.25, 0.3) is 0 Å². The molecular weight excluding hydrogens is 271 g/mol. The molecule has 1 aromatic heterocycles. The average molecular weight is 290 g/mol. The van der Waals surface area contributed by atoms with Crippen molar-refractivity contribution in [3.63, 3.8) is 0 Å². The number of anilines is 1. The van der Waals surface area contributed by atoms with E-state index < -0.39 is 0 Å². The van der Waals surface area contributed by atoms with Gasteiger partial charge in [-0.05, 0) is 31.2 Å². The number of aromatic amines is 1. The third-order valence-electron chi connectivity index (χ3n) is 3.69. The molecule has 2 aromatic rings. The summed E-state index contributed by atoms with van der Waals surface area (Å²) in [4.78, 5) is 2.24. The molecule has 6 heteroatoms. The van der Waals surface area contributed by atoms with Crippen LogP contribution in [0.1, 0.15) is 6.42 Å². The van der Waals surface area contributed by atoms with Crippen molar-refractivity contribution >= 4 is 5.82 Å². The molecule has 0 aliphatic carbocycles. The second-order valence-electron chi connectivity index (χ2n) is 5.08. The van der Waals surface area contributed by atoms with Crippen LogP contribution in [0.15, 0.2) is 24.3 Å². The number of hydrogen-bond acceptors (Lipinski definition) is 4. The number of benzene rings is 1. The number of ether oxygens (including phenoxy) is 1. The van der Waals surface area contributed by atoms with Gasteiger partial charge in [-0.1, -0.05) is 0 Å². The van der Waals surface area contributed by atoms with Gasteiger partial charge in [0.1, 0.15) is 0 Å². The lowest BCUT2D eigenvalue weighted by Crippen LogP contribution is -2.28. The zero-order chi connectivity index (χ0) is 14.7. The SMILES string of the molecule is COc1ccc(-c2cc(N3CCCNCC3)n[nH]2)cc1F. The second kappa shape index (κ2) is 6.13. The molecule has 2 N–H and O–H groups in total. The molecule has 1 fully saturated rings. The smallest absolute Gasteiger partial charge is 0.165 e. The largest absolute Gasteiger partial charge is 0.494 e. The van der Waals surface area contributed by atoms with Crippen LogP contribution in [0.5, 0.6) is 5.75 Å². The highest BCUT2D eigenvalue weighted by atomic mass is 19.1. The normalized spacial score (nSPS) is 15.8. The van der Waals surface area contributed by atoms with Crippen molar-refractivity contribution in [2.24, 2.45) is 0 Å². The lowest BCUT2D eigenvalue weighted by molar-refractivity contribution is 0.386. The van der Waals surface area contributed by atoms with E-state index in [1.54, 1.807) is 6.07 Å². The van der Waals surface area contributed by atoms with Gasteiger partial charge in [0, 0.05) is 31.3 Å². The molecule has 0 bridgehead atoms. The number of nitrogens with zero attached hydrogens (tertiary/aromatic N) is 2. The van der Waals surface area contributed by atoms with E-state index in [1.807, 2.05) is 12.1 Å². The Balaban J connectivity index is 1.82. The maximum absolute atomic E-state index is 13.8. The molecule has 0 atom stereocenters. The van der Waals surface area contributed by atoms with E-state index in [9.17, 15) is 4.39 Å². The fraction of sp³-hybridized carbons (Fsp3) is 0.400. The first-order chi connectivity index (χ1) is 10.3. The molecule has 2 heterocycles. The van der Waals surface area contributed by atoms with E-state index in [4.69, 9.17) is 4.74 Å². The number of aromatic nitrogens is 2. The van der Waals surface area contributed by atoms with E-state index in [0.29, 0.717) is 0 Å². The molecule has 0 spiro atoms. The van der Waals surface area contributed by atoms with Crippen molar-refractivity contribution < 1.29 is 9.13 Å². The van der Waals surface area contributed by atoms with Crippen LogP contribution in [0.25, 0.3) is 11.3 Å². The summed E-state index contributed by atoms with van der Waals surface area (Å²) in [7, 11) is 1.46. The summed E-state index contributed by atoms with van der Waals surface area (Å²) in [6, 6.07) is 6.87. The molecule has 1 aromatic carbocycles. The zero-order valence-electron chi connectivity index (χ0n) is 12.0. The van der Waals surface area contributed by atoms with Crippen molar-refractivity contribution in [2.75, 3.05) is 38.2 Å². The highest BCUT2D eigenvalue weighted by molar-refractivity contribution is 5.64. The third-order valence-corrected chi connectivity index (χ3v) is 3.69. The van der Waals surface area contributed by atoms with Gasteiger partial charge in [0.2, 0.25) is 0 Å². The molecule has 0 amide bonds. The van der Waals surface area contributed by atoms with Gasteiger partial charge in [-0.2, -0.15) is 5.10 Å². The summed E-state index contributed by atoms with van der Waals surface area (Å²) >= 11 is 0. The Labute approximate surface area is 123 Å². The van der Waals surface area contributed by atoms with Crippen LogP contribution in [-0.4, -0.2) is 43.5 Å². The first-order valence-electron chi connectivity index (χ1n) is 7.13. The Hall–Kier alpha value is -2.08. The highest BCUT2D eigenvalue weighted by Gasteiger charge is 2.14. The molecular formula is C15H19FN4O. The number of methoxy groups -OCH3 is 1. The molecule has 1 aliphatic heterocycles. The van der Waals surface area contributed by atoms with Crippen LogP contribution in [0, 0.1) is 5.82 Å². The molecule has 112 valence electrons. The third kappa shape index (κ3) is 3.00. The second-order valence-corrected chi connectivity index (χ2v) is 5.08. The van der Waals surface area contributed by atoms with Gasteiger partial charge < -0.3 is 15.0 Å². The summed E-state index contributed by atoms with van der Waals surface area (Å²) in [5.41, 5.74) is 1.57. The van der Waals surface area contributed by atoms with E-state index >= 15 is 0 Å². The minimum absolute atomic E-state index is 0.247. The minimum atomic E-state index is -0.370. The van der Waals surface area contributed by atoms with Crippen LogP contribution in [-0.2, 0) is 0 Å². The number of halogens is 1. The van der Waals surface area contributed by atoms with E-state index in [1.165, 1.54) is 13.2 Å². The first-order valence-corrected chi connectivity index (χ1v) is 7.13. The minimum Gasteiger partial charge on any atom is -0.494 e. The summed E-state index contributed by atoms with van der Waals surface area (Å²) in [6.07, 6.45) is 1.10. The maximum atomic E-state index is 13.8. The first kappa shape index (κ1) is 13.9. The fourth-order valence-corrected chi connectivity index (χ4v) is 2.53. The van der Waals surface area contributed by atoms with E-state index in [-0.39, 0.29) is 11.6 Å². The van der Waals surface area contributed by atoms with Crippen LogP contribution in [0.3, 0.4) is 0 Å². The fourth-order valence-electron chi connectivity index (χ4n) is 2.53. The lowest BCUT2D eigenvalue weighted by Gasteiger charge is -2.18. The quantitative estimate of drug-likeness (QED) is 0.908. The molecule has 5 nitrogen and oxygen atoms in total. The van der Waals surface area contributed by atoms with Gasteiger partial charge in [-0.3, -0.25) is 5.10 Å². The van der Waals surface area contributed by atoms with Gasteiger partial charge in [0.05, 0.1) is 12.8 Å². The Morgan fingerprint density at radius 2 is 2.14 bits per heavy atom. The Bertz CT molecular complexity index is 605. The van der Waals surface area contributed by atoms with Crippen LogP contribution in [0.2, 0.25) is 0 Å². The zero-order valence-corrected chi connectivity index (χ0v) is 12.0. The number of nitrogens with one attached hydrogen (secondary N) is 2. The lowest BCUT2D eigenvalue weighted by atomic mass is 10.1. The number of H-pyrrole nitrogens is 1. The number of hydrogen-bond donors (Lipinski definition) is 2. The summed E-state index contributed by atoms with van der Waals surface area (Å²) < 4.78 is 18.7. The Kier molecular flexibility index (Phi) is 4.06. The Morgan fingerprint density at radius 1 is 1.24 bits per heavy atom. The van der Waals surface area contributed by atoms with Gasteiger partial charge in [-0.15, -0.1) is 0 Å². The monoisotopic (exact) mass is 290 g/mol. The molecule has 21 heavy (non-hydrogen) atoms. The standard InChI is InChI=1S/C15H19FN4O/c1-21-14-4-3-11(9-12(14)16)13-10-15(19-18-13)20-7-2-5-17-6-8-20/h3-4,9-10,17H,2,5-8H2,1H3,(H,18,19). The molecule has 1 saturated heterocycles. The average Bonchev–Trinajstić information content (AvgIpc) is 2.83. The molecule has 3 rings (SSSR count). The topological polar surface area (TPSA) is 53.2 Å². The summed E-state index contributed by atoms with van der Waals surface area (Å²) in [6.45, 7) is 3.91. The molecule has 0 saturated carbocycles. The molecule has 0 radical (unpaired) electrons. The van der Waals surface area contributed by atoms with Gasteiger partial charge in [0.15, 0.2) is 17.4 Å². The molecule has 1 aliphatic rings. The van der Waals surface area contributed by atoms with Crippen LogP contribution < -0.4 is 15.0 Å². The van der Waals surface area contributed by atoms with E-state index in [2.05, 4.69) is 20.4 Å². The highest BCUT2D eigenvalue weighted by Crippen LogP contribution is 2.26. The van der Waals surface area contributed by atoms with Crippen LogP contribution in [0.4, 0.5) is 10.2 Å². The number of rotatable bonds is 3. The van der Waals surface area contributed by atoms with E-state index in [0.717, 1.165) is 49.7 Å². The van der Waals surface area contributed by atoms with Crippen molar-refractivity contribution in [2.45, 2.75) is 6.42 Å².